The Morgan fingerprint density at radius 2 is 2.16 bits per heavy atom. The van der Waals surface area contributed by atoms with Crippen LogP contribution in [-0.4, -0.2) is 25.7 Å². The molecule has 2 N–H and O–H groups in total. The predicted molar refractivity (Wildman–Crippen MR) is 78.5 cm³/mol. The van der Waals surface area contributed by atoms with Crippen LogP contribution in [0.4, 0.5) is 0 Å². The normalized spacial score (nSPS) is 21.9. The zero-order valence-corrected chi connectivity index (χ0v) is 11.9. The Hall–Kier alpha value is -1.71. The summed E-state index contributed by atoms with van der Waals surface area (Å²) in [5.41, 5.74) is 1.15. The molecule has 1 fully saturated rings. The van der Waals surface area contributed by atoms with Crippen LogP contribution < -0.4 is 15.4 Å². The first-order chi connectivity index (χ1) is 9.24. The molecule has 0 radical (unpaired) electrons. The van der Waals surface area contributed by atoms with Crippen LogP contribution in [0.5, 0.6) is 5.75 Å². The van der Waals surface area contributed by atoms with Gasteiger partial charge >= 0.3 is 0 Å². The van der Waals surface area contributed by atoms with E-state index in [1.54, 1.807) is 7.05 Å². The van der Waals surface area contributed by atoms with Gasteiger partial charge in [-0.1, -0.05) is 25.1 Å². The SMILES string of the molecule is CCOc1ccccc1CNC(=NC)NC1CC1C. The summed E-state index contributed by atoms with van der Waals surface area (Å²) in [4.78, 5) is 4.25. The maximum absolute atomic E-state index is 5.61. The van der Waals surface area contributed by atoms with Crippen molar-refractivity contribution in [3.8, 4) is 5.75 Å². The molecule has 4 heteroatoms. The lowest BCUT2D eigenvalue weighted by molar-refractivity contribution is 0.336. The fourth-order valence-corrected chi connectivity index (χ4v) is 2.02. The van der Waals surface area contributed by atoms with Crippen molar-refractivity contribution in [2.24, 2.45) is 10.9 Å². The van der Waals surface area contributed by atoms with Crippen LogP contribution >= 0.6 is 0 Å². The molecular weight excluding hydrogens is 238 g/mol. The summed E-state index contributed by atoms with van der Waals surface area (Å²) in [6.45, 7) is 5.65. The highest BCUT2D eigenvalue weighted by Gasteiger charge is 2.33. The number of nitrogens with zero attached hydrogens (tertiary/aromatic N) is 1. The van der Waals surface area contributed by atoms with E-state index in [-0.39, 0.29) is 0 Å². The van der Waals surface area contributed by atoms with Gasteiger partial charge in [-0.2, -0.15) is 0 Å². The largest absolute Gasteiger partial charge is 0.494 e. The minimum atomic E-state index is 0.577. The molecule has 1 aromatic carbocycles. The summed E-state index contributed by atoms with van der Waals surface area (Å²) < 4.78 is 5.61. The average Bonchev–Trinajstić information content (AvgIpc) is 3.12. The molecule has 0 amide bonds. The molecule has 0 saturated heterocycles. The number of nitrogens with one attached hydrogen (secondary N) is 2. The van der Waals surface area contributed by atoms with E-state index in [0.29, 0.717) is 12.6 Å². The van der Waals surface area contributed by atoms with Gasteiger partial charge in [0.2, 0.25) is 0 Å². The van der Waals surface area contributed by atoms with Crippen LogP contribution in [-0.2, 0) is 6.54 Å². The van der Waals surface area contributed by atoms with Crippen molar-refractivity contribution in [3.63, 3.8) is 0 Å². The highest BCUT2D eigenvalue weighted by Crippen LogP contribution is 2.28. The molecule has 2 atom stereocenters. The van der Waals surface area contributed by atoms with E-state index < -0.39 is 0 Å². The molecule has 0 aliphatic heterocycles. The second kappa shape index (κ2) is 6.45. The molecule has 1 aliphatic carbocycles. The molecule has 0 aromatic heterocycles. The summed E-state index contributed by atoms with van der Waals surface area (Å²) in [7, 11) is 1.80. The third kappa shape index (κ3) is 3.88. The lowest BCUT2D eigenvalue weighted by atomic mass is 10.2. The standard InChI is InChI=1S/C15H23N3O/c1-4-19-14-8-6-5-7-12(14)10-17-15(16-3)18-13-9-11(13)2/h5-8,11,13H,4,9-10H2,1-3H3,(H2,16,17,18). The zero-order valence-electron chi connectivity index (χ0n) is 11.9. The Morgan fingerprint density at radius 3 is 2.79 bits per heavy atom. The lowest BCUT2D eigenvalue weighted by Crippen LogP contribution is -2.38. The maximum atomic E-state index is 5.61. The van der Waals surface area contributed by atoms with E-state index >= 15 is 0 Å². The van der Waals surface area contributed by atoms with Gasteiger partial charge in [0.1, 0.15) is 5.75 Å². The van der Waals surface area contributed by atoms with Crippen LogP contribution in [0.25, 0.3) is 0 Å². The summed E-state index contributed by atoms with van der Waals surface area (Å²) >= 11 is 0. The van der Waals surface area contributed by atoms with Crippen molar-refractivity contribution in [1.29, 1.82) is 0 Å². The second-order valence-corrected chi connectivity index (χ2v) is 4.93. The fraction of sp³-hybridized carbons (Fsp3) is 0.533. The number of ether oxygens (including phenoxy) is 1. The third-order valence-electron chi connectivity index (χ3n) is 3.37. The molecule has 1 saturated carbocycles. The molecule has 2 rings (SSSR count). The van der Waals surface area contributed by atoms with Crippen molar-refractivity contribution < 1.29 is 4.74 Å². The molecule has 0 spiro atoms. The van der Waals surface area contributed by atoms with E-state index in [4.69, 9.17) is 4.74 Å². The number of rotatable bonds is 5. The van der Waals surface area contributed by atoms with Crippen molar-refractivity contribution in [1.82, 2.24) is 10.6 Å². The molecule has 104 valence electrons. The molecule has 4 nitrogen and oxygen atoms in total. The molecule has 2 unspecified atom stereocenters. The van der Waals surface area contributed by atoms with Crippen molar-refractivity contribution in [2.75, 3.05) is 13.7 Å². The summed E-state index contributed by atoms with van der Waals surface area (Å²) in [5, 5.41) is 6.75. The van der Waals surface area contributed by atoms with Crippen LogP contribution in [0.1, 0.15) is 25.8 Å². The molecule has 1 aliphatic rings. The Labute approximate surface area is 115 Å². The monoisotopic (exact) mass is 261 g/mol. The van der Waals surface area contributed by atoms with Crippen LogP contribution in [0, 0.1) is 5.92 Å². The van der Waals surface area contributed by atoms with Gasteiger partial charge in [-0.05, 0) is 25.3 Å². The average molecular weight is 261 g/mol. The number of hydrogen-bond acceptors (Lipinski definition) is 2. The fourth-order valence-electron chi connectivity index (χ4n) is 2.02. The number of aliphatic imine (C=N–C) groups is 1. The van der Waals surface area contributed by atoms with Gasteiger partial charge in [-0.15, -0.1) is 0 Å². The van der Waals surface area contributed by atoms with Crippen LogP contribution in [0.15, 0.2) is 29.3 Å². The summed E-state index contributed by atoms with van der Waals surface area (Å²) in [6.07, 6.45) is 1.23. The van der Waals surface area contributed by atoms with E-state index in [1.807, 2.05) is 25.1 Å². The minimum absolute atomic E-state index is 0.577. The van der Waals surface area contributed by atoms with E-state index in [0.717, 1.165) is 29.7 Å². The Kier molecular flexibility index (Phi) is 4.66. The van der Waals surface area contributed by atoms with Crippen molar-refractivity contribution in [2.45, 2.75) is 32.9 Å². The smallest absolute Gasteiger partial charge is 0.191 e. The highest BCUT2D eigenvalue weighted by atomic mass is 16.5. The van der Waals surface area contributed by atoms with E-state index in [2.05, 4.69) is 28.6 Å². The quantitative estimate of drug-likeness (QED) is 0.630. The molecule has 1 aromatic rings. The van der Waals surface area contributed by atoms with Crippen LogP contribution in [0.2, 0.25) is 0 Å². The topological polar surface area (TPSA) is 45.6 Å². The maximum Gasteiger partial charge on any atom is 0.191 e. The second-order valence-electron chi connectivity index (χ2n) is 4.93. The first kappa shape index (κ1) is 13.7. The lowest BCUT2D eigenvalue weighted by Gasteiger charge is -2.14. The first-order valence-electron chi connectivity index (χ1n) is 6.92. The van der Waals surface area contributed by atoms with Gasteiger partial charge in [-0.25, -0.2) is 0 Å². The molecular formula is C15H23N3O. The van der Waals surface area contributed by atoms with E-state index in [9.17, 15) is 0 Å². The third-order valence-corrected chi connectivity index (χ3v) is 3.37. The highest BCUT2D eigenvalue weighted by molar-refractivity contribution is 5.80. The Balaban J connectivity index is 1.90. The minimum Gasteiger partial charge on any atom is -0.494 e. The van der Waals surface area contributed by atoms with Gasteiger partial charge in [0.15, 0.2) is 5.96 Å². The van der Waals surface area contributed by atoms with Gasteiger partial charge in [-0.3, -0.25) is 4.99 Å². The van der Waals surface area contributed by atoms with Crippen molar-refractivity contribution in [3.05, 3.63) is 29.8 Å². The molecule has 0 bridgehead atoms. The summed E-state index contributed by atoms with van der Waals surface area (Å²) in [5.74, 6) is 2.56. The Bertz CT molecular complexity index is 445. The van der Waals surface area contributed by atoms with Gasteiger partial charge < -0.3 is 15.4 Å². The molecule has 0 heterocycles. The van der Waals surface area contributed by atoms with Crippen LogP contribution in [0.3, 0.4) is 0 Å². The Morgan fingerprint density at radius 1 is 1.42 bits per heavy atom. The first-order valence-corrected chi connectivity index (χ1v) is 6.92. The zero-order chi connectivity index (χ0) is 13.7. The predicted octanol–water partition coefficient (Wildman–Crippen LogP) is 2.16. The number of para-hydroxylation sites is 1. The van der Waals surface area contributed by atoms with Crippen molar-refractivity contribution >= 4 is 5.96 Å². The number of guanidine groups is 1. The number of hydrogen-bond donors (Lipinski definition) is 2. The number of benzene rings is 1. The van der Waals surface area contributed by atoms with E-state index in [1.165, 1.54) is 6.42 Å². The summed E-state index contributed by atoms with van der Waals surface area (Å²) in [6, 6.07) is 8.67. The van der Waals surface area contributed by atoms with Gasteiger partial charge in [0.05, 0.1) is 6.61 Å². The van der Waals surface area contributed by atoms with Gasteiger partial charge in [0.25, 0.3) is 0 Å². The van der Waals surface area contributed by atoms with Gasteiger partial charge in [0, 0.05) is 25.2 Å². The molecule has 19 heavy (non-hydrogen) atoms.